The van der Waals surface area contributed by atoms with Crippen LogP contribution >= 0.6 is 7.82 Å². The SMILES string of the molecule is CCCCCCCC/C=C/C/C=C/C=C/C(O)CCCC(=O)OC[C@H](COP(=O)(O)OCC[N+](C)(C)C)OC(=O)CCCCCCCCCCc1oc(CCCCC)c(C)c1C. The van der Waals surface area contributed by atoms with Crippen LogP contribution in [0.3, 0.4) is 0 Å². The van der Waals surface area contributed by atoms with E-state index in [0.29, 0.717) is 30.3 Å². The van der Waals surface area contributed by atoms with E-state index in [-0.39, 0.29) is 26.1 Å². The Labute approximate surface area is 377 Å². The molecule has 0 spiro atoms. The van der Waals surface area contributed by atoms with Gasteiger partial charge in [-0.2, -0.15) is 0 Å². The maximum atomic E-state index is 12.8. The highest BCUT2D eigenvalue weighted by Crippen LogP contribution is 2.43. The molecule has 0 saturated heterocycles. The van der Waals surface area contributed by atoms with Crippen LogP contribution < -0.4 is 0 Å². The quantitative estimate of drug-likeness (QED) is 0.0163. The Morgan fingerprint density at radius 3 is 1.90 bits per heavy atom. The minimum Gasteiger partial charge on any atom is -0.466 e. The molecular weight excluding hydrogens is 806 g/mol. The first-order chi connectivity index (χ1) is 29.7. The van der Waals surface area contributed by atoms with Crippen molar-refractivity contribution in [2.75, 3.05) is 47.5 Å². The van der Waals surface area contributed by atoms with Crippen molar-refractivity contribution in [3.05, 3.63) is 59.1 Å². The number of esters is 2. The van der Waals surface area contributed by atoms with Gasteiger partial charge in [0.15, 0.2) is 6.10 Å². The monoisotopic (exact) mass is 895 g/mol. The molecule has 0 aliphatic rings. The van der Waals surface area contributed by atoms with Crippen molar-refractivity contribution in [2.24, 2.45) is 0 Å². The number of carbonyl (C=O) groups excluding carboxylic acids is 2. The normalized spacial score (nSPS) is 14.3. The fraction of sp³-hybridized carbons (Fsp3) is 0.760. The summed E-state index contributed by atoms with van der Waals surface area (Å²) in [4.78, 5) is 35.6. The van der Waals surface area contributed by atoms with Gasteiger partial charge in [-0.25, -0.2) is 4.57 Å². The van der Waals surface area contributed by atoms with Gasteiger partial charge in [0, 0.05) is 25.7 Å². The van der Waals surface area contributed by atoms with Gasteiger partial charge in [-0.1, -0.05) is 134 Å². The molecule has 0 aliphatic heterocycles. The first kappa shape index (κ1) is 57.5. The van der Waals surface area contributed by atoms with E-state index in [0.717, 1.165) is 69.3 Å². The van der Waals surface area contributed by atoms with Crippen molar-refractivity contribution < 1.29 is 51.6 Å². The molecule has 0 amide bonds. The molecule has 0 radical (unpaired) electrons. The van der Waals surface area contributed by atoms with Crippen LogP contribution in [0.5, 0.6) is 0 Å². The number of aliphatic hydroxyl groups excluding tert-OH is 1. The van der Waals surface area contributed by atoms with Gasteiger partial charge in [0.05, 0.1) is 33.9 Å². The van der Waals surface area contributed by atoms with Crippen molar-refractivity contribution in [2.45, 2.75) is 200 Å². The van der Waals surface area contributed by atoms with E-state index in [1.165, 1.54) is 81.8 Å². The molecule has 11 nitrogen and oxygen atoms in total. The number of carbonyl (C=O) groups is 2. The summed E-state index contributed by atoms with van der Waals surface area (Å²) in [5, 5.41) is 10.3. The lowest BCUT2D eigenvalue weighted by atomic mass is 10.0. The molecule has 62 heavy (non-hydrogen) atoms. The number of phosphoric acid groups is 1. The third-order valence-electron chi connectivity index (χ3n) is 11.0. The number of aliphatic hydroxyl groups is 1. The molecule has 1 heterocycles. The molecule has 358 valence electrons. The average molecular weight is 895 g/mol. The Morgan fingerprint density at radius 2 is 1.26 bits per heavy atom. The van der Waals surface area contributed by atoms with Crippen molar-refractivity contribution >= 4 is 19.8 Å². The van der Waals surface area contributed by atoms with Gasteiger partial charge >= 0.3 is 19.8 Å². The second kappa shape index (κ2) is 35.8. The number of rotatable bonds is 40. The molecule has 3 atom stereocenters. The van der Waals surface area contributed by atoms with E-state index >= 15 is 0 Å². The Bertz CT molecular complexity index is 1450. The predicted molar refractivity (Wildman–Crippen MR) is 252 cm³/mol. The topological polar surface area (TPSA) is 142 Å². The van der Waals surface area contributed by atoms with Crippen LogP contribution in [0.2, 0.25) is 0 Å². The number of nitrogens with zero attached hydrogens (tertiary/aromatic N) is 1. The van der Waals surface area contributed by atoms with E-state index in [4.69, 9.17) is 22.9 Å². The zero-order chi connectivity index (χ0) is 45.9. The lowest BCUT2D eigenvalue weighted by molar-refractivity contribution is -0.870. The molecule has 0 bridgehead atoms. The summed E-state index contributed by atoms with van der Waals surface area (Å²) in [7, 11) is 1.36. The van der Waals surface area contributed by atoms with Gasteiger partial charge in [0.1, 0.15) is 31.3 Å². The number of ether oxygens (including phenoxy) is 2. The van der Waals surface area contributed by atoms with E-state index in [1.807, 2.05) is 39.4 Å². The van der Waals surface area contributed by atoms with Crippen molar-refractivity contribution in [3.8, 4) is 0 Å². The summed E-state index contributed by atoms with van der Waals surface area (Å²) in [6.45, 7) is 8.50. The van der Waals surface area contributed by atoms with Crippen LogP contribution in [-0.4, -0.2) is 86.1 Å². The third-order valence-corrected chi connectivity index (χ3v) is 12.0. The van der Waals surface area contributed by atoms with Crippen molar-refractivity contribution in [1.29, 1.82) is 0 Å². The zero-order valence-corrected chi connectivity index (χ0v) is 41.1. The minimum absolute atomic E-state index is 0.00483. The summed E-state index contributed by atoms with van der Waals surface area (Å²) < 4.78 is 40.5. The Kier molecular flexibility index (Phi) is 33.2. The van der Waals surface area contributed by atoms with E-state index in [1.54, 1.807) is 6.08 Å². The number of quaternary nitrogens is 1. The van der Waals surface area contributed by atoms with Crippen LogP contribution in [0.4, 0.5) is 0 Å². The lowest BCUT2D eigenvalue weighted by Crippen LogP contribution is -2.37. The highest BCUT2D eigenvalue weighted by Gasteiger charge is 2.27. The summed E-state index contributed by atoms with van der Waals surface area (Å²) in [5.41, 5.74) is 2.64. The van der Waals surface area contributed by atoms with Crippen LogP contribution in [0.15, 0.2) is 40.9 Å². The molecule has 2 N–H and O–H groups in total. The smallest absolute Gasteiger partial charge is 0.466 e. The molecule has 0 saturated carbocycles. The van der Waals surface area contributed by atoms with Crippen LogP contribution in [0.1, 0.15) is 184 Å². The van der Waals surface area contributed by atoms with E-state index in [9.17, 15) is 24.2 Å². The average Bonchev–Trinajstić information content (AvgIpc) is 3.48. The third kappa shape index (κ3) is 32.2. The Hall–Kier alpha value is -2.53. The number of aryl methyl sites for hydroxylation is 2. The lowest BCUT2D eigenvalue weighted by Gasteiger charge is -2.24. The molecule has 1 rings (SSSR count). The molecular formula is C50H89NO10P+. The number of unbranched alkanes of at least 4 members (excludes halogenated alkanes) is 15. The number of hydrogen-bond donors (Lipinski definition) is 2. The largest absolute Gasteiger partial charge is 0.472 e. The van der Waals surface area contributed by atoms with Gasteiger partial charge in [-0.15, -0.1) is 0 Å². The molecule has 0 aliphatic carbocycles. The number of likely N-dealkylation sites (N-methyl/N-ethyl adjacent to an activating group) is 1. The highest BCUT2D eigenvalue weighted by atomic mass is 31.2. The fourth-order valence-corrected chi connectivity index (χ4v) is 7.59. The maximum Gasteiger partial charge on any atom is 0.472 e. The van der Waals surface area contributed by atoms with Crippen molar-refractivity contribution in [1.82, 2.24) is 0 Å². The van der Waals surface area contributed by atoms with Gasteiger partial charge in [-0.3, -0.25) is 18.6 Å². The summed E-state index contributed by atoms with van der Waals surface area (Å²) in [6.07, 6.45) is 34.8. The van der Waals surface area contributed by atoms with E-state index < -0.39 is 38.6 Å². The predicted octanol–water partition coefficient (Wildman–Crippen LogP) is 12.3. The van der Waals surface area contributed by atoms with Crippen LogP contribution in [-0.2, 0) is 45.5 Å². The second-order valence-corrected chi connectivity index (χ2v) is 19.4. The van der Waals surface area contributed by atoms with Crippen LogP contribution in [0.25, 0.3) is 0 Å². The fourth-order valence-electron chi connectivity index (χ4n) is 6.85. The standard InChI is InChI=1S/C50H88NO10P/c1-8-10-12-13-14-15-16-17-18-19-22-25-29-33-45(52)34-32-38-49(53)57-41-46(42-59-62(55,56)58-40-39-51(5,6)7)60-50(54)37-31-27-24-21-20-23-26-30-36-48-44(4)43(3)47(61-48)35-28-11-9-2/h17-18,22,25,29,33,45-46,52H,8-16,19-21,23-24,26-28,30-32,34-42H2,1-7H3/p+1/b18-17+,25-22+,33-29+/t45?,46-/m1/s1. The summed E-state index contributed by atoms with van der Waals surface area (Å²) >= 11 is 0. The number of furan rings is 1. The van der Waals surface area contributed by atoms with Gasteiger partial charge < -0.3 is 28.4 Å². The first-order valence-corrected chi connectivity index (χ1v) is 25.7. The molecule has 0 fully saturated rings. The van der Waals surface area contributed by atoms with Crippen LogP contribution in [0, 0.1) is 13.8 Å². The van der Waals surface area contributed by atoms with Gasteiger partial charge in [-0.05, 0) is 76.3 Å². The number of phosphoric ester groups is 1. The second-order valence-electron chi connectivity index (χ2n) is 17.9. The first-order valence-electron chi connectivity index (χ1n) is 24.2. The summed E-state index contributed by atoms with van der Waals surface area (Å²) in [5.74, 6) is 1.30. The maximum absolute atomic E-state index is 12.8. The zero-order valence-electron chi connectivity index (χ0n) is 40.2. The summed E-state index contributed by atoms with van der Waals surface area (Å²) in [6, 6.07) is 0. The van der Waals surface area contributed by atoms with Gasteiger partial charge in [0.2, 0.25) is 0 Å². The molecule has 1 aromatic rings. The Balaban J connectivity index is 2.41. The van der Waals surface area contributed by atoms with E-state index in [2.05, 4.69) is 39.8 Å². The number of allylic oxidation sites excluding steroid dienone is 5. The highest BCUT2D eigenvalue weighted by molar-refractivity contribution is 7.47. The molecule has 2 unspecified atom stereocenters. The van der Waals surface area contributed by atoms with Gasteiger partial charge in [0.25, 0.3) is 0 Å². The molecule has 12 heteroatoms. The minimum atomic E-state index is -4.44. The number of hydrogen-bond acceptors (Lipinski definition) is 9. The van der Waals surface area contributed by atoms with Crippen molar-refractivity contribution in [3.63, 3.8) is 0 Å². The molecule has 1 aromatic heterocycles. The molecule has 0 aromatic carbocycles. The Morgan fingerprint density at radius 1 is 0.694 bits per heavy atom.